The molecular weight excluding hydrogens is 226 g/mol. The number of hydrogen-bond acceptors (Lipinski definition) is 3. The summed E-state index contributed by atoms with van der Waals surface area (Å²) in [6, 6.07) is 9.47. The molecule has 0 bridgehead atoms. The second kappa shape index (κ2) is 4.50. The standard InChI is InChI=1S/C15H17NO2/c1-10-5-6-11-9-12(7-8-13(11)16-10)14(17)15(2,3)18-4/h5-9H,1-4H3. The molecule has 1 heterocycles. The van der Waals surface area contributed by atoms with E-state index in [4.69, 9.17) is 4.74 Å². The highest BCUT2D eigenvalue weighted by Crippen LogP contribution is 2.20. The number of Topliss-reactive ketones (excluding diaryl/α,β-unsaturated/α-hetero) is 1. The summed E-state index contributed by atoms with van der Waals surface area (Å²) in [5.74, 6) is -0.0209. The number of carbonyl (C=O) groups is 1. The van der Waals surface area contributed by atoms with Gasteiger partial charge < -0.3 is 4.74 Å². The minimum atomic E-state index is -0.800. The summed E-state index contributed by atoms with van der Waals surface area (Å²) in [5, 5.41) is 0.971. The summed E-state index contributed by atoms with van der Waals surface area (Å²) in [6.45, 7) is 5.49. The van der Waals surface area contributed by atoms with E-state index in [0.29, 0.717) is 5.56 Å². The number of aromatic nitrogens is 1. The van der Waals surface area contributed by atoms with Gasteiger partial charge in [0.15, 0.2) is 5.78 Å². The van der Waals surface area contributed by atoms with Crippen molar-refractivity contribution in [2.24, 2.45) is 0 Å². The third-order valence-corrected chi connectivity index (χ3v) is 3.15. The lowest BCUT2D eigenvalue weighted by Crippen LogP contribution is -2.33. The number of aryl methyl sites for hydroxylation is 1. The number of pyridine rings is 1. The second-order valence-corrected chi connectivity index (χ2v) is 4.90. The zero-order valence-electron chi connectivity index (χ0n) is 11.2. The molecule has 2 aromatic rings. The van der Waals surface area contributed by atoms with Gasteiger partial charge in [0.05, 0.1) is 5.52 Å². The Balaban J connectivity index is 2.48. The van der Waals surface area contributed by atoms with Gasteiger partial charge >= 0.3 is 0 Å². The number of benzene rings is 1. The SMILES string of the molecule is COC(C)(C)C(=O)c1ccc2nc(C)ccc2c1. The number of hydrogen-bond donors (Lipinski definition) is 0. The number of fused-ring (bicyclic) bond motifs is 1. The normalized spacial score (nSPS) is 11.8. The summed E-state index contributed by atoms with van der Waals surface area (Å²) < 4.78 is 5.22. The molecule has 3 heteroatoms. The first kappa shape index (κ1) is 12.7. The van der Waals surface area contributed by atoms with Crippen molar-refractivity contribution in [1.29, 1.82) is 0 Å². The zero-order chi connectivity index (χ0) is 13.3. The van der Waals surface area contributed by atoms with Gasteiger partial charge in [-0.25, -0.2) is 0 Å². The molecule has 1 aromatic carbocycles. The summed E-state index contributed by atoms with van der Waals surface area (Å²) in [5.41, 5.74) is 1.73. The highest BCUT2D eigenvalue weighted by atomic mass is 16.5. The number of ether oxygens (including phenoxy) is 1. The molecule has 0 unspecified atom stereocenters. The molecular formula is C15H17NO2. The van der Waals surface area contributed by atoms with Gasteiger partial charge in [-0.05, 0) is 45.0 Å². The van der Waals surface area contributed by atoms with Crippen LogP contribution in [0.4, 0.5) is 0 Å². The van der Waals surface area contributed by atoms with Crippen molar-refractivity contribution in [3.05, 3.63) is 41.6 Å². The van der Waals surface area contributed by atoms with Gasteiger partial charge in [-0.15, -0.1) is 0 Å². The van der Waals surface area contributed by atoms with Crippen LogP contribution in [0.1, 0.15) is 29.9 Å². The molecule has 0 saturated heterocycles. The molecule has 94 valence electrons. The van der Waals surface area contributed by atoms with E-state index in [1.807, 2.05) is 31.2 Å². The van der Waals surface area contributed by atoms with Gasteiger partial charge in [0.25, 0.3) is 0 Å². The van der Waals surface area contributed by atoms with Crippen molar-refractivity contribution in [3.8, 4) is 0 Å². The lowest BCUT2D eigenvalue weighted by atomic mass is 9.95. The van der Waals surface area contributed by atoms with Crippen molar-refractivity contribution in [2.75, 3.05) is 7.11 Å². The Morgan fingerprint density at radius 2 is 1.94 bits per heavy atom. The van der Waals surface area contributed by atoms with Gasteiger partial charge in [0.1, 0.15) is 5.60 Å². The van der Waals surface area contributed by atoms with Crippen molar-refractivity contribution in [1.82, 2.24) is 4.98 Å². The van der Waals surface area contributed by atoms with Crippen LogP contribution < -0.4 is 0 Å². The molecule has 0 radical (unpaired) electrons. The second-order valence-electron chi connectivity index (χ2n) is 4.90. The Hall–Kier alpha value is -1.74. The molecule has 3 nitrogen and oxygen atoms in total. The van der Waals surface area contributed by atoms with E-state index in [-0.39, 0.29) is 5.78 Å². The quantitative estimate of drug-likeness (QED) is 0.777. The van der Waals surface area contributed by atoms with Gasteiger partial charge in [-0.2, -0.15) is 0 Å². The molecule has 0 amide bonds. The number of ketones is 1. The fraction of sp³-hybridized carbons (Fsp3) is 0.333. The van der Waals surface area contributed by atoms with E-state index >= 15 is 0 Å². The minimum absolute atomic E-state index is 0.0209. The van der Waals surface area contributed by atoms with E-state index in [9.17, 15) is 4.79 Å². The molecule has 0 N–H and O–H groups in total. The molecule has 0 aliphatic heterocycles. The van der Waals surface area contributed by atoms with Crippen LogP contribution in [0, 0.1) is 6.92 Å². The topological polar surface area (TPSA) is 39.2 Å². The number of rotatable bonds is 3. The smallest absolute Gasteiger partial charge is 0.194 e. The molecule has 0 saturated carbocycles. The van der Waals surface area contributed by atoms with E-state index in [2.05, 4.69) is 4.98 Å². The first-order chi connectivity index (χ1) is 8.44. The van der Waals surface area contributed by atoms with E-state index in [1.165, 1.54) is 0 Å². The predicted molar refractivity (Wildman–Crippen MR) is 71.9 cm³/mol. The van der Waals surface area contributed by atoms with E-state index in [0.717, 1.165) is 16.6 Å². The van der Waals surface area contributed by atoms with Crippen molar-refractivity contribution in [3.63, 3.8) is 0 Å². The van der Waals surface area contributed by atoms with Crippen LogP contribution in [0.15, 0.2) is 30.3 Å². The summed E-state index contributed by atoms with van der Waals surface area (Å²) in [6.07, 6.45) is 0. The highest BCUT2D eigenvalue weighted by molar-refractivity contribution is 6.04. The largest absolute Gasteiger partial charge is 0.371 e. The third kappa shape index (κ3) is 2.27. The molecule has 0 aliphatic rings. The van der Waals surface area contributed by atoms with Crippen LogP contribution in [0.2, 0.25) is 0 Å². The van der Waals surface area contributed by atoms with Crippen molar-refractivity contribution in [2.45, 2.75) is 26.4 Å². The Morgan fingerprint density at radius 3 is 2.61 bits per heavy atom. The van der Waals surface area contributed by atoms with E-state index in [1.54, 1.807) is 27.0 Å². The number of carbonyl (C=O) groups excluding carboxylic acids is 1. The van der Waals surface area contributed by atoms with E-state index < -0.39 is 5.60 Å². The molecule has 1 aromatic heterocycles. The minimum Gasteiger partial charge on any atom is -0.371 e. The molecule has 18 heavy (non-hydrogen) atoms. The lowest BCUT2D eigenvalue weighted by molar-refractivity contribution is 0.0228. The van der Waals surface area contributed by atoms with Crippen molar-refractivity contribution < 1.29 is 9.53 Å². The van der Waals surface area contributed by atoms with Crippen LogP contribution in [-0.2, 0) is 4.74 Å². The Labute approximate surface area is 107 Å². The molecule has 0 fully saturated rings. The Bertz CT molecular complexity index is 602. The Kier molecular flexibility index (Phi) is 3.18. The summed E-state index contributed by atoms with van der Waals surface area (Å²) in [4.78, 5) is 16.7. The highest BCUT2D eigenvalue weighted by Gasteiger charge is 2.28. The van der Waals surface area contributed by atoms with Gasteiger partial charge in [-0.3, -0.25) is 9.78 Å². The summed E-state index contributed by atoms with van der Waals surface area (Å²) >= 11 is 0. The molecule has 0 aliphatic carbocycles. The average Bonchev–Trinajstić information content (AvgIpc) is 2.37. The molecule has 2 rings (SSSR count). The zero-order valence-corrected chi connectivity index (χ0v) is 11.2. The molecule has 0 spiro atoms. The maximum atomic E-state index is 12.3. The average molecular weight is 243 g/mol. The summed E-state index contributed by atoms with van der Waals surface area (Å²) in [7, 11) is 1.55. The van der Waals surface area contributed by atoms with Gasteiger partial charge in [0, 0.05) is 23.8 Å². The predicted octanol–water partition coefficient (Wildman–Crippen LogP) is 3.15. The third-order valence-electron chi connectivity index (χ3n) is 3.15. The number of methoxy groups -OCH3 is 1. The van der Waals surface area contributed by atoms with Gasteiger partial charge in [-0.1, -0.05) is 6.07 Å². The van der Waals surface area contributed by atoms with Crippen LogP contribution in [0.5, 0.6) is 0 Å². The first-order valence-corrected chi connectivity index (χ1v) is 5.91. The van der Waals surface area contributed by atoms with Crippen LogP contribution in [-0.4, -0.2) is 23.5 Å². The fourth-order valence-corrected chi connectivity index (χ4v) is 1.81. The maximum absolute atomic E-state index is 12.3. The maximum Gasteiger partial charge on any atom is 0.194 e. The number of nitrogens with zero attached hydrogens (tertiary/aromatic N) is 1. The monoisotopic (exact) mass is 243 g/mol. The first-order valence-electron chi connectivity index (χ1n) is 5.91. The van der Waals surface area contributed by atoms with Crippen molar-refractivity contribution >= 4 is 16.7 Å². The lowest BCUT2D eigenvalue weighted by Gasteiger charge is -2.21. The Morgan fingerprint density at radius 1 is 1.22 bits per heavy atom. The molecule has 0 atom stereocenters. The van der Waals surface area contributed by atoms with Crippen LogP contribution in [0.3, 0.4) is 0 Å². The van der Waals surface area contributed by atoms with Crippen LogP contribution in [0.25, 0.3) is 10.9 Å². The van der Waals surface area contributed by atoms with Gasteiger partial charge in [0.2, 0.25) is 0 Å². The van der Waals surface area contributed by atoms with Crippen LogP contribution >= 0.6 is 0 Å². The fourth-order valence-electron chi connectivity index (χ4n) is 1.81.